The van der Waals surface area contributed by atoms with Crippen LogP contribution < -0.4 is 40.0 Å². The number of aliphatic hydroxyl groups excluding tert-OH is 1. The fourth-order valence-corrected chi connectivity index (χ4v) is 3.06. The van der Waals surface area contributed by atoms with Crippen LogP contribution in [0.25, 0.3) is 11.1 Å². The molecule has 3 aromatic rings. The van der Waals surface area contributed by atoms with Crippen molar-refractivity contribution < 1.29 is 44.6 Å². The van der Waals surface area contributed by atoms with E-state index in [4.69, 9.17) is 11.6 Å². The van der Waals surface area contributed by atoms with Gasteiger partial charge in [0, 0.05) is 11.6 Å². The van der Waals surface area contributed by atoms with E-state index in [1.807, 2.05) is 24.3 Å². The van der Waals surface area contributed by atoms with Crippen molar-refractivity contribution in [1.29, 1.82) is 0 Å². The fraction of sp³-hybridized carbons (Fsp3) is 0.174. The molecule has 3 rings (SSSR count). The Morgan fingerprint density at radius 3 is 2.03 bits per heavy atom. The van der Waals surface area contributed by atoms with Crippen molar-refractivity contribution >= 4 is 17.6 Å². The van der Waals surface area contributed by atoms with Crippen molar-refractivity contribution in [1.82, 2.24) is 5.32 Å². The first-order valence-electron chi connectivity index (χ1n) is 9.08. The van der Waals surface area contributed by atoms with E-state index in [-0.39, 0.29) is 35.1 Å². The van der Waals surface area contributed by atoms with E-state index in [0.29, 0.717) is 11.6 Å². The zero-order valence-corrected chi connectivity index (χ0v) is 19.0. The molecule has 0 fully saturated rings. The molecule has 0 heterocycles. The maximum atomic E-state index is 10.8. The summed E-state index contributed by atoms with van der Waals surface area (Å²) in [6, 6.07) is 22.0. The van der Waals surface area contributed by atoms with Crippen molar-refractivity contribution in [3.05, 3.63) is 94.5 Å². The third kappa shape index (κ3) is 6.96. The second-order valence-electron chi connectivity index (χ2n) is 6.58. The van der Waals surface area contributed by atoms with Gasteiger partial charge in [-0.25, -0.2) is 0 Å². The van der Waals surface area contributed by atoms with Crippen LogP contribution in [0.4, 0.5) is 0 Å². The second kappa shape index (κ2) is 11.5. The number of halogens is 1. The van der Waals surface area contributed by atoms with Gasteiger partial charge in [0.2, 0.25) is 0 Å². The predicted octanol–water partition coefficient (Wildman–Crippen LogP) is 0.240. The third-order valence-corrected chi connectivity index (χ3v) is 4.84. The molecule has 0 aliphatic rings. The van der Waals surface area contributed by atoms with E-state index in [1.54, 1.807) is 36.4 Å². The maximum Gasteiger partial charge on any atom is 1.00 e. The number of nitrogens with one attached hydrogen (secondary N) is 1. The number of rotatable bonds is 8. The number of hydrogen-bond acceptors (Lipinski definition) is 4. The van der Waals surface area contributed by atoms with Gasteiger partial charge in [0.15, 0.2) is 0 Å². The molecule has 0 aromatic heterocycles. The monoisotopic (exact) mass is 417 g/mol. The van der Waals surface area contributed by atoms with Crippen molar-refractivity contribution in [2.75, 3.05) is 13.1 Å². The molecule has 2 N–H and O–H groups in total. The number of carbonyl (C=O) groups is 1. The van der Waals surface area contributed by atoms with Gasteiger partial charge in [0.25, 0.3) is 0 Å². The van der Waals surface area contributed by atoms with Gasteiger partial charge in [-0.1, -0.05) is 72.3 Å². The maximum absolute atomic E-state index is 10.8. The van der Waals surface area contributed by atoms with Gasteiger partial charge in [-0.2, -0.15) is 0 Å². The normalized spacial score (nSPS) is 11.5. The van der Waals surface area contributed by atoms with Crippen LogP contribution in [0.1, 0.15) is 27.6 Å². The molecular formula is C23H21ClNNaO3. The molecular weight excluding hydrogens is 397 g/mol. The minimum absolute atomic E-state index is 0. The molecule has 4 nitrogen and oxygen atoms in total. The summed E-state index contributed by atoms with van der Waals surface area (Å²) in [5, 5.41) is 24.9. The van der Waals surface area contributed by atoms with Gasteiger partial charge in [-0.3, -0.25) is 0 Å². The van der Waals surface area contributed by atoms with Crippen LogP contribution >= 0.6 is 11.6 Å². The van der Waals surface area contributed by atoms with Gasteiger partial charge in [-0.05, 0) is 52.9 Å². The van der Waals surface area contributed by atoms with Crippen molar-refractivity contribution in [3.8, 4) is 11.1 Å². The Morgan fingerprint density at radius 2 is 1.48 bits per heavy atom. The van der Waals surface area contributed by atoms with Crippen LogP contribution in [-0.4, -0.2) is 24.2 Å². The van der Waals surface area contributed by atoms with Crippen molar-refractivity contribution in [3.63, 3.8) is 0 Å². The molecule has 3 aromatic carbocycles. The first-order chi connectivity index (χ1) is 13.5. The Kier molecular flexibility index (Phi) is 9.37. The summed E-state index contributed by atoms with van der Waals surface area (Å²) in [5.41, 5.74) is 4.18. The summed E-state index contributed by atoms with van der Waals surface area (Å²) < 4.78 is 0. The Labute approximate surface area is 197 Å². The smallest absolute Gasteiger partial charge is 0.545 e. The molecule has 0 unspecified atom stereocenters. The van der Waals surface area contributed by atoms with E-state index in [2.05, 4.69) is 17.4 Å². The summed E-state index contributed by atoms with van der Waals surface area (Å²) >= 11 is 5.86. The van der Waals surface area contributed by atoms with E-state index in [1.165, 1.54) is 5.56 Å². The van der Waals surface area contributed by atoms with Gasteiger partial charge < -0.3 is 20.3 Å². The minimum atomic E-state index is -1.17. The molecule has 0 spiro atoms. The zero-order valence-electron chi connectivity index (χ0n) is 16.3. The second-order valence-corrected chi connectivity index (χ2v) is 7.02. The Bertz CT molecular complexity index is 912. The SMILES string of the molecule is O=C([O-])c1ccc(-c2ccc(CCNC[C@H](O)c3ccc(Cl)cc3)cc2)cc1.[Na+]. The van der Waals surface area contributed by atoms with Crippen LogP contribution in [0, 0.1) is 0 Å². The minimum Gasteiger partial charge on any atom is -0.545 e. The third-order valence-electron chi connectivity index (χ3n) is 4.59. The van der Waals surface area contributed by atoms with E-state index in [9.17, 15) is 15.0 Å². The first kappa shape index (κ1) is 23.6. The zero-order chi connectivity index (χ0) is 19.9. The molecule has 0 radical (unpaired) electrons. The van der Waals surface area contributed by atoms with E-state index < -0.39 is 12.1 Å². The molecule has 29 heavy (non-hydrogen) atoms. The first-order valence-corrected chi connectivity index (χ1v) is 9.46. The van der Waals surface area contributed by atoms with Crippen LogP contribution in [0.5, 0.6) is 0 Å². The molecule has 0 amide bonds. The fourth-order valence-electron chi connectivity index (χ4n) is 2.94. The van der Waals surface area contributed by atoms with E-state index in [0.717, 1.165) is 29.7 Å². The average molecular weight is 418 g/mol. The topological polar surface area (TPSA) is 72.4 Å². The molecule has 1 atom stereocenters. The standard InChI is InChI=1S/C23H22ClNO3.Na/c24-21-11-9-19(10-12-21)22(26)15-25-14-13-16-1-3-17(4-2-16)18-5-7-20(8-6-18)23(27)28;/h1-12,22,25-26H,13-15H2,(H,27,28);/q;+1/p-1/t22-;/m0./s1. The molecule has 0 bridgehead atoms. The number of benzene rings is 3. The van der Waals surface area contributed by atoms with Gasteiger partial charge in [0.1, 0.15) is 0 Å². The van der Waals surface area contributed by atoms with Crippen LogP contribution in [0.3, 0.4) is 0 Å². The van der Waals surface area contributed by atoms with Gasteiger partial charge >= 0.3 is 29.6 Å². The Morgan fingerprint density at radius 1 is 0.931 bits per heavy atom. The number of carboxylic acids is 1. The van der Waals surface area contributed by atoms with Crippen molar-refractivity contribution in [2.45, 2.75) is 12.5 Å². The molecule has 0 saturated heterocycles. The number of aromatic carboxylic acids is 1. The summed E-state index contributed by atoms with van der Waals surface area (Å²) in [6.07, 6.45) is 0.278. The van der Waals surface area contributed by atoms with Gasteiger partial charge in [0.05, 0.1) is 12.1 Å². The van der Waals surface area contributed by atoms with Crippen molar-refractivity contribution in [2.24, 2.45) is 0 Å². The average Bonchev–Trinajstić information content (AvgIpc) is 2.72. The molecule has 0 aliphatic carbocycles. The molecule has 6 heteroatoms. The Balaban J connectivity index is 0.00000300. The van der Waals surface area contributed by atoms with Crippen LogP contribution in [0.2, 0.25) is 5.02 Å². The number of carboxylic acid groups (broad SMARTS) is 1. The molecule has 0 saturated carbocycles. The Hall–Kier alpha value is -1.66. The van der Waals surface area contributed by atoms with Gasteiger partial charge in [-0.15, -0.1) is 0 Å². The summed E-state index contributed by atoms with van der Waals surface area (Å²) in [4.78, 5) is 10.8. The summed E-state index contributed by atoms with van der Waals surface area (Å²) in [5.74, 6) is -1.17. The van der Waals surface area contributed by atoms with Crippen LogP contribution in [0.15, 0.2) is 72.8 Å². The quantitative estimate of drug-likeness (QED) is 0.407. The molecule has 144 valence electrons. The number of aliphatic hydroxyl groups is 1. The largest absolute Gasteiger partial charge is 1.00 e. The summed E-state index contributed by atoms with van der Waals surface area (Å²) in [6.45, 7) is 1.23. The van der Waals surface area contributed by atoms with Crippen LogP contribution in [-0.2, 0) is 6.42 Å². The predicted molar refractivity (Wildman–Crippen MR) is 109 cm³/mol. The molecule has 0 aliphatic heterocycles. The van der Waals surface area contributed by atoms with E-state index >= 15 is 0 Å². The summed E-state index contributed by atoms with van der Waals surface area (Å²) in [7, 11) is 0. The number of hydrogen-bond donors (Lipinski definition) is 2. The number of carbonyl (C=O) groups excluding carboxylic acids is 1.